The Balaban J connectivity index is 1.63. The first-order chi connectivity index (χ1) is 38.6. The zero-order valence-corrected chi connectivity index (χ0v) is 49.3. The van der Waals surface area contributed by atoms with Gasteiger partial charge in [0.25, 0.3) is 0 Å². The summed E-state index contributed by atoms with van der Waals surface area (Å²) in [4.78, 5) is 13.3. The van der Waals surface area contributed by atoms with Crippen molar-refractivity contribution in [2.24, 2.45) is 0 Å². The SMILES string of the molecule is CC/C=C\C/C=C\C/C=C\C/C=C\C/C=C\C/C=C\CCCCCCCCCCCCCCCCC(=O)NC(COC1OC(CO)C(OC2OC(CO)C(O)C(O)C2O)C(O)C1O)C(O)CCCCCCCCCCCCCC. The Bertz CT molecular complexity index is 1600. The van der Waals surface area contributed by atoms with Crippen LogP contribution in [0, 0.1) is 0 Å². The highest BCUT2D eigenvalue weighted by Gasteiger charge is 2.51. The lowest BCUT2D eigenvalue weighted by molar-refractivity contribution is -0.359. The summed E-state index contributed by atoms with van der Waals surface area (Å²) >= 11 is 0. The van der Waals surface area contributed by atoms with E-state index >= 15 is 0 Å². The predicted octanol–water partition coefficient (Wildman–Crippen LogP) is 11.5. The molecule has 12 atom stereocenters. The maximum Gasteiger partial charge on any atom is 0.220 e. The number of aliphatic hydroxyl groups excluding tert-OH is 8. The van der Waals surface area contributed by atoms with E-state index in [2.05, 4.69) is 92.1 Å². The summed E-state index contributed by atoms with van der Waals surface area (Å²) in [5.41, 5.74) is 0. The fourth-order valence-electron chi connectivity index (χ4n) is 10.1. The van der Waals surface area contributed by atoms with Crippen molar-refractivity contribution in [3.05, 3.63) is 72.9 Å². The van der Waals surface area contributed by atoms with E-state index in [4.69, 9.17) is 18.9 Å². The lowest BCUT2D eigenvalue weighted by atomic mass is 9.97. The molecule has 14 heteroatoms. The summed E-state index contributed by atoms with van der Waals surface area (Å²) in [6.45, 7) is 2.74. The lowest BCUT2D eigenvalue weighted by Gasteiger charge is -2.46. The quantitative estimate of drug-likeness (QED) is 0.0204. The van der Waals surface area contributed by atoms with E-state index < -0.39 is 86.8 Å². The molecule has 2 aliphatic heterocycles. The number of unbranched alkanes of at least 4 members (excludes halogenated alkanes) is 25. The second kappa shape index (κ2) is 50.0. The van der Waals surface area contributed by atoms with Crippen LogP contribution in [0.1, 0.15) is 239 Å². The number of rotatable bonds is 50. The average Bonchev–Trinajstić information content (AvgIpc) is 3.49. The van der Waals surface area contributed by atoms with Gasteiger partial charge in [0, 0.05) is 6.42 Å². The molecule has 2 fully saturated rings. The molecule has 0 aliphatic carbocycles. The van der Waals surface area contributed by atoms with Crippen molar-refractivity contribution in [1.82, 2.24) is 5.32 Å². The minimum Gasteiger partial charge on any atom is -0.394 e. The third-order valence-corrected chi connectivity index (χ3v) is 15.2. The highest BCUT2D eigenvalue weighted by molar-refractivity contribution is 5.76. The number of amides is 1. The van der Waals surface area contributed by atoms with Crippen LogP contribution in [0.2, 0.25) is 0 Å². The molecule has 79 heavy (non-hydrogen) atoms. The number of allylic oxidation sites excluding steroid dienone is 12. The molecular weight excluding hydrogens is 1000 g/mol. The average molecular weight is 1120 g/mol. The second-order valence-corrected chi connectivity index (χ2v) is 22.2. The lowest BCUT2D eigenvalue weighted by Crippen LogP contribution is -2.65. The molecule has 2 rings (SSSR count). The van der Waals surface area contributed by atoms with Gasteiger partial charge in [0.2, 0.25) is 5.91 Å². The van der Waals surface area contributed by atoms with Crippen molar-refractivity contribution in [3.63, 3.8) is 0 Å². The molecule has 14 nitrogen and oxygen atoms in total. The van der Waals surface area contributed by atoms with E-state index in [1.807, 2.05) is 0 Å². The molecule has 0 aromatic heterocycles. The molecule has 2 saturated heterocycles. The molecule has 9 N–H and O–H groups in total. The number of ether oxygens (including phenoxy) is 4. The van der Waals surface area contributed by atoms with Crippen molar-refractivity contribution >= 4 is 5.91 Å². The van der Waals surface area contributed by atoms with Gasteiger partial charge in [-0.15, -0.1) is 0 Å². The van der Waals surface area contributed by atoms with Crippen LogP contribution < -0.4 is 5.32 Å². The van der Waals surface area contributed by atoms with Gasteiger partial charge in [-0.2, -0.15) is 0 Å². The van der Waals surface area contributed by atoms with Gasteiger partial charge < -0.3 is 65.1 Å². The molecule has 0 aromatic rings. The van der Waals surface area contributed by atoms with Crippen LogP contribution in [0.3, 0.4) is 0 Å². The third-order valence-electron chi connectivity index (χ3n) is 15.2. The fraction of sp³-hybridized carbons (Fsp3) is 0.800. The van der Waals surface area contributed by atoms with Crippen LogP contribution in [0.5, 0.6) is 0 Å². The Labute approximate surface area is 478 Å². The van der Waals surface area contributed by atoms with Crippen molar-refractivity contribution in [2.45, 2.75) is 312 Å². The monoisotopic (exact) mass is 1120 g/mol. The Morgan fingerprint density at radius 3 is 1.34 bits per heavy atom. The Morgan fingerprint density at radius 1 is 0.468 bits per heavy atom. The van der Waals surface area contributed by atoms with E-state index in [9.17, 15) is 45.6 Å². The van der Waals surface area contributed by atoms with E-state index in [0.717, 1.165) is 89.9 Å². The minimum absolute atomic E-state index is 0.210. The zero-order valence-electron chi connectivity index (χ0n) is 49.3. The van der Waals surface area contributed by atoms with Gasteiger partial charge in [-0.1, -0.05) is 241 Å². The van der Waals surface area contributed by atoms with Gasteiger partial charge in [-0.05, 0) is 64.2 Å². The molecule has 2 heterocycles. The van der Waals surface area contributed by atoms with E-state index in [1.54, 1.807) is 0 Å². The maximum atomic E-state index is 13.3. The topological polar surface area (TPSA) is 228 Å². The molecule has 0 spiro atoms. The molecule has 12 unspecified atom stereocenters. The molecule has 2 aliphatic rings. The number of carbonyl (C=O) groups is 1. The van der Waals surface area contributed by atoms with Gasteiger partial charge in [0.1, 0.15) is 48.8 Å². The maximum absolute atomic E-state index is 13.3. The third kappa shape index (κ3) is 35.2. The van der Waals surface area contributed by atoms with Crippen LogP contribution in [0.15, 0.2) is 72.9 Å². The predicted molar refractivity (Wildman–Crippen MR) is 318 cm³/mol. The largest absolute Gasteiger partial charge is 0.394 e. The number of aliphatic hydroxyl groups is 8. The zero-order chi connectivity index (χ0) is 57.4. The number of hydrogen-bond donors (Lipinski definition) is 9. The number of nitrogens with one attached hydrogen (secondary N) is 1. The molecular formula is C65H115NO13. The number of carbonyl (C=O) groups excluding carboxylic acids is 1. The standard InChI is InChI=1S/C65H115NO13/c1-3-5-7-9-11-13-15-17-18-19-20-21-22-23-24-25-26-27-28-29-30-31-32-33-34-35-36-37-39-41-43-45-47-49-57(70)66-53(54(69)48-46-44-42-40-38-16-14-12-10-8-6-4-2)52-76-64-62(75)60(73)63(56(51-68)78-64)79-65-61(74)59(72)58(71)55(50-67)77-65/h5,7,11,13,17-18,20-21,23-24,26-27,53-56,58-65,67-69,71-75H,3-4,6,8-10,12,14-16,19,22,25,28-52H2,1-2H3,(H,66,70)/b7-5-,13-11-,18-17-,21-20-,24-23-,27-26-. The van der Waals surface area contributed by atoms with Gasteiger partial charge in [-0.25, -0.2) is 0 Å². The van der Waals surface area contributed by atoms with Crippen molar-refractivity contribution < 1.29 is 64.6 Å². The Kier molecular flexibility index (Phi) is 45.9. The molecule has 0 bridgehead atoms. The van der Waals surface area contributed by atoms with Crippen LogP contribution in [0.25, 0.3) is 0 Å². The molecule has 458 valence electrons. The van der Waals surface area contributed by atoms with Gasteiger partial charge in [0.05, 0.1) is 32.0 Å². The van der Waals surface area contributed by atoms with Gasteiger partial charge in [0.15, 0.2) is 12.6 Å². The molecule has 0 aromatic carbocycles. The summed E-state index contributed by atoms with van der Waals surface area (Å²) in [5, 5.41) is 87.2. The highest BCUT2D eigenvalue weighted by Crippen LogP contribution is 2.30. The minimum atomic E-state index is -1.78. The Morgan fingerprint density at radius 2 is 0.873 bits per heavy atom. The van der Waals surface area contributed by atoms with Crippen LogP contribution in [0.4, 0.5) is 0 Å². The van der Waals surface area contributed by atoms with E-state index in [1.165, 1.54) is 122 Å². The number of hydrogen-bond acceptors (Lipinski definition) is 13. The van der Waals surface area contributed by atoms with Gasteiger partial charge >= 0.3 is 0 Å². The van der Waals surface area contributed by atoms with E-state index in [-0.39, 0.29) is 12.5 Å². The van der Waals surface area contributed by atoms with Crippen LogP contribution >= 0.6 is 0 Å². The smallest absolute Gasteiger partial charge is 0.220 e. The molecule has 0 radical (unpaired) electrons. The molecule has 1 amide bonds. The summed E-state index contributed by atoms with van der Waals surface area (Å²) in [6, 6.07) is -0.831. The fourth-order valence-corrected chi connectivity index (χ4v) is 10.1. The van der Waals surface area contributed by atoms with Crippen molar-refractivity contribution in [1.29, 1.82) is 0 Å². The van der Waals surface area contributed by atoms with Crippen molar-refractivity contribution in [3.8, 4) is 0 Å². The van der Waals surface area contributed by atoms with Crippen molar-refractivity contribution in [2.75, 3.05) is 19.8 Å². The molecule has 0 saturated carbocycles. The first-order valence-corrected chi connectivity index (χ1v) is 31.7. The summed E-state index contributed by atoms with van der Waals surface area (Å²) < 4.78 is 22.8. The van der Waals surface area contributed by atoms with Gasteiger partial charge in [-0.3, -0.25) is 4.79 Å². The summed E-state index contributed by atoms with van der Waals surface area (Å²) in [5.74, 6) is -0.210. The normalized spacial score (nSPS) is 24.9. The summed E-state index contributed by atoms with van der Waals surface area (Å²) in [6.07, 6.45) is 49.2. The summed E-state index contributed by atoms with van der Waals surface area (Å²) in [7, 11) is 0. The second-order valence-electron chi connectivity index (χ2n) is 22.2. The van der Waals surface area contributed by atoms with Crippen LogP contribution in [-0.2, 0) is 23.7 Å². The van der Waals surface area contributed by atoms with Crippen LogP contribution in [-0.4, -0.2) is 140 Å². The first-order valence-electron chi connectivity index (χ1n) is 31.7. The first kappa shape index (κ1) is 72.5. The highest BCUT2D eigenvalue weighted by atomic mass is 16.7. The Hall–Kier alpha value is -2.57. The van der Waals surface area contributed by atoms with E-state index in [0.29, 0.717) is 12.8 Å².